The van der Waals surface area contributed by atoms with Gasteiger partial charge in [-0.15, -0.1) is 0 Å². The number of hydrogen-bond donors (Lipinski definition) is 0. The summed E-state index contributed by atoms with van der Waals surface area (Å²) in [5.74, 6) is 0.805. The number of hydrogen-bond acceptors (Lipinski definition) is 1. The fourth-order valence-electron chi connectivity index (χ4n) is 3.95. The van der Waals surface area contributed by atoms with Gasteiger partial charge in [0, 0.05) is 5.92 Å². The second-order valence-corrected chi connectivity index (χ2v) is 7.76. The highest BCUT2D eigenvalue weighted by molar-refractivity contribution is 6.53. The summed E-state index contributed by atoms with van der Waals surface area (Å²) >= 11 is 13.9. The Balaban J connectivity index is 1.92. The third-order valence-corrected chi connectivity index (χ3v) is 6.18. The van der Waals surface area contributed by atoms with Crippen LogP contribution in [-0.4, -0.2) is 11.4 Å². The molecule has 3 aromatic rings. The first-order valence-electron chi connectivity index (χ1n) is 8.25. The summed E-state index contributed by atoms with van der Waals surface area (Å²) in [4.78, 5) is 0. The summed E-state index contributed by atoms with van der Waals surface area (Å²) in [6.45, 7) is 0. The van der Waals surface area contributed by atoms with Gasteiger partial charge in [0.1, 0.15) is 10.1 Å². The normalized spacial score (nSPS) is 23.9. The Morgan fingerprint density at radius 2 is 1.24 bits per heavy atom. The second-order valence-electron chi connectivity index (χ2n) is 6.37. The third-order valence-electron chi connectivity index (χ3n) is 5.15. The zero-order chi connectivity index (χ0) is 17.5. The number of ether oxygens (including phenoxy) is 1. The molecule has 0 aliphatic heterocycles. The molecule has 4 rings (SSSR count). The average Bonchev–Trinajstić information content (AvgIpc) is 3.20. The lowest BCUT2D eigenvalue weighted by Gasteiger charge is -2.20. The third kappa shape index (κ3) is 2.38. The van der Waals surface area contributed by atoms with Crippen LogP contribution >= 0.6 is 23.2 Å². The quantitative estimate of drug-likeness (QED) is 0.516. The molecule has 0 radical (unpaired) electrons. The Morgan fingerprint density at radius 1 is 0.720 bits per heavy atom. The number of rotatable bonds is 4. The topological polar surface area (TPSA) is 9.23 Å². The van der Waals surface area contributed by atoms with Crippen molar-refractivity contribution in [1.82, 2.24) is 0 Å². The molecule has 25 heavy (non-hydrogen) atoms. The molecule has 0 heterocycles. The van der Waals surface area contributed by atoms with Gasteiger partial charge in [-0.2, -0.15) is 0 Å². The van der Waals surface area contributed by atoms with Crippen LogP contribution in [0.2, 0.25) is 0 Å². The van der Waals surface area contributed by atoms with Gasteiger partial charge in [-0.25, -0.2) is 0 Å². The van der Waals surface area contributed by atoms with Crippen LogP contribution in [0.3, 0.4) is 0 Å². The van der Waals surface area contributed by atoms with Gasteiger partial charge in [-0.3, -0.25) is 0 Å². The Kier molecular flexibility index (Phi) is 4.02. The van der Waals surface area contributed by atoms with Gasteiger partial charge < -0.3 is 4.74 Å². The van der Waals surface area contributed by atoms with E-state index < -0.39 is 9.75 Å². The Bertz CT molecular complexity index is 860. The Labute approximate surface area is 158 Å². The van der Waals surface area contributed by atoms with Crippen molar-refractivity contribution in [2.45, 2.75) is 15.7 Å². The van der Waals surface area contributed by atoms with E-state index >= 15 is 0 Å². The number of benzene rings is 3. The maximum atomic E-state index is 6.94. The van der Waals surface area contributed by atoms with Gasteiger partial charge in [-0.05, 0) is 28.8 Å². The molecule has 3 aromatic carbocycles. The van der Waals surface area contributed by atoms with Crippen molar-refractivity contribution >= 4 is 23.2 Å². The van der Waals surface area contributed by atoms with Crippen molar-refractivity contribution in [3.8, 4) is 5.75 Å². The predicted molar refractivity (Wildman–Crippen MR) is 104 cm³/mol. The van der Waals surface area contributed by atoms with E-state index in [0.717, 1.165) is 22.4 Å². The molecule has 1 saturated carbocycles. The lowest BCUT2D eigenvalue weighted by Crippen LogP contribution is -2.17. The van der Waals surface area contributed by atoms with Crippen LogP contribution in [-0.2, 0) is 5.41 Å². The first kappa shape index (κ1) is 16.5. The molecule has 0 unspecified atom stereocenters. The molecule has 1 nitrogen and oxygen atoms in total. The first-order chi connectivity index (χ1) is 12.1. The lowest BCUT2D eigenvalue weighted by atomic mass is 9.84. The van der Waals surface area contributed by atoms with Gasteiger partial charge in [-0.1, -0.05) is 96.0 Å². The van der Waals surface area contributed by atoms with Crippen molar-refractivity contribution in [2.75, 3.05) is 7.11 Å². The minimum absolute atomic E-state index is 0.0136. The second kappa shape index (κ2) is 6.09. The minimum atomic E-state index is -0.912. The van der Waals surface area contributed by atoms with Crippen molar-refractivity contribution in [2.24, 2.45) is 0 Å². The summed E-state index contributed by atoms with van der Waals surface area (Å²) in [5, 5.41) is 0. The molecule has 0 aromatic heterocycles. The Hall–Kier alpha value is -1.96. The fraction of sp³-hybridized carbons (Fsp3) is 0.182. The van der Waals surface area contributed by atoms with E-state index in [4.69, 9.17) is 27.9 Å². The SMILES string of the molecule is COc1ccc([C@]2(c3ccccc3)[C@H](c3ccccc3)C2(Cl)Cl)cc1. The zero-order valence-corrected chi connectivity index (χ0v) is 15.3. The molecule has 1 fully saturated rings. The zero-order valence-electron chi connectivity index (χ0n) is 13.8. The van der Waals surface area contributed by atoms with E-state index in [1.54, 1.807) is 7.11 Å². The highest BCUT2D eigenvalue weighted by Crippen LogP contribution is 2.77. The molecule has 0 spiro atoms. The summed E-state index contributed by atoms with van der Waals surface area (Å²) in [6, 6.07) is 28.6. The molecule has 0 saturated heterocycles. The molecule has 126 valence electrons. The van der Waals surface area contributed by atoms with Crippen molar-refractivity contribution < 1.29 is 4.74 Å². The van der Waals surface area contributed by atoms with Gasteiger partial charge in [0.05, 0.1) is 12.5 Å². The van der Waals surface area contributed by atoms with Gasteiger partial charge >= 0.3 is 0 Å². The van der Waals surface area contributed by atoms with E-state index in [0.29, 0.717) is 0 Å². The van der Waals surface area contributed by atoms with Crippen molar-refractivity contribution in [3.05, 3.63) is 102 Å². The molecule has 0 N–H and O–H groups in total. The van der Waals surface area contributed by atoms with Gasteiger partial charge in [0.15, 0.2) is 0 Å². The van der Waals surface area contributed by atoms with E-state index in [9.17, 15) is 0 Å². The molecule has 1 aliphatic rings. The van der Waals surface area contributed by atoms with Crippen molar-refractivity contribution in [3.63, 3.8) is 0 Å². The van der Waals surface area contributed by atoms with Crippen LogP contribution in [0.1, 0.15) is 22.6 Å². The molecular formula is C22H18Cl2O. The smallest absolute Gasteiger partial charge is 0.140 e. The van der Waals surface area contributed by atoms with Gasteiger partial charge in [0.2, 0.25) is 0 Å². The van der Waals surface area contributed by atoms with Crippen LogP contribution < -0.4 is 4.74 Å². The van der Waals surface area contributed by atoms with Crippen LogP contribution in [0.4, 0.5) is 0 Å². The number of halogens is 2. The summed E-state index contributed by atoms with van der Waals surface area (Å²) in [7, 11) is 1.67. The average molecular weight is 369 g/mol. The fourth-order valence-corrected chi connectivity index (χ4v) is 5.07. The van der Waals surface area contributed by atoms with Crippen LogP contribution in [0.25, 0.3) is 0 Å². The molecule has 3 heteroatoms. The van der Waals surface area contributed by atoms with E-state index in [2.05, 4.69) is 36.4 Å². The summed E-state index contributed by atoms with van der Waals surface area (Å²) in [5.41, 5.74) is 2.88. The molecule has 1 aliphatic carbocycles. The Morgan fingerprint density at radius 3 is 1.80 bits per heavy atom. The molecule has 0 amide bonds. The van der Waals surface area contributed by atoms with Crippen LogP contribution in [0, 0.1) is 0 Å². The monoisotopic (exact) mass is 368 g/mol. The van der Waals surface area contributed by atoms with E-state index in [1.165, 1.54) is 0 Å². The first-order valence-corrected chi connectivity index (χ1v) is 9.01. The molecule has 2 atom stereocenters. The highest BCUT2D eigenvalue weighted by atomic mass is 35.5. The standard InChI is InChI=1S/C22H18Cl2O/c1-25-19-14-12-18(13-15-19)21(17-10-6-3-7-11-17)20(22(21,23)24)16-8-4-2-5-9-16/h2-15,20H,1H3/t20-,21+/m0/s1. The predicted octanol–water partition coefficient (Wildman–Crippen LogP) is 5.95. The lowest BCUT2D eigenvalue weighted by molar-refractivity contribution is 0.414. The van der Waals surface area contributed by atoms with Crippen LogP contribution in [0.5, 0.6) is 5.75 Å². The molecule has 0 bridgehead atoms. The maximum absolute atomic E-state index is 6.94. The van der Waals surface area contributed by atoms with Crippen LogP contribution in [0.15, 0.2) is 84.9 Å². The van der Waals surface area contributed by atoms with Crippen molar-refractivity contribution in [1.29, 1.82) is 0 Å². The highest BCUT2D eigenvalue weighted by Gasteiger charge is 2.77. The summed E-state index contributed by atoms with van der Waals surface area (Å²) in [6.07, 6.45) is 0. The molecular weight excluding hydrogens is 351 g/mol. The largest absolute Gasteiger partial charge is 0.497 e. The van der Waals surface area contributed by atoms with E-state index in [1.807, 2.05) is 48.5 Å². The van der Waals surface area contributed by atoms with Gasteiger partial charge in [0.25, 0.3) is 0 Å². The summed E-state index contributed by atoms with van der Waals surface area (Å²) < 4.78 is 4.39. The minimum Gasteiger partial charge on any atom is -0.497 e. The number of methoxy groups -OCH3 is 1. The maximum Gasteiger partial charge on any atom is 0.140 e. The van der Waals surface area contributed by atoms with E-state index in [-0.39, 0.29) is 5.92 Å². The number of alkyl halides is 2.